The van der Waals surface area contributed by atoms with Crippen molar-refractivity contribution in [1.29, 1.82) is 0 Å². The summed E-state index contributed by atoms with van der Waals surface area (Å²) in [5.41, 5.74) is 6.24. The predicted octanol–water partition coefficient (Wildman–Crippen LogP) is 1.29. The van der Waals surface area contributed by atoms with Crippen molar-refractivity contribution in [3.8, 4) is 0 Å². The highest BCUT2D eigenvalue weighted by atomic mass is 16.5. The molecule has 1 aliphatic carbocycles. The molecular weight excluding hydrogens is 228 g/mol. The summed E-state index contributed by atoms with van der Waals surface area (Å²) in [5, 5.41) is 3.05. The van der Waals surface area contributed by atoms with Crippen LogP contribution in [-0.2, 0) is 9.53 Å². The van der Waals surface area contributed by atoms with Crippen LogP contribution in [0.4, 0.5) is 0 Å². The molecule has 1 amide bonds. The summed E-state index contributed by atoms with van der Waals surface area (Å²) in [7, 11) is 0. The van der Waals surface area contributed by atoms with Crippen LogP contribution in [-0.4, -0.2) is 30.7 Å². The number of rotatable bonds is 3. The van der Waals surface area contributed by atoms with Crippen LogP contribution in [0.5, 0.6) is 0 Å². The first-order valence-electron chi connectivity index (χ1n) is 6.97. The molecule has 4 nitrogen and oxygen atoms in total. The maximum Gasteiger partial charge on any atom is 0.220 e. The molecule has 4 heteroatoms. The predicted molar refractivity (Wildman–Crippen MR) is 71.0 cm³/mol. The second kappa shape index (κ2) is 4.82. The monoisotopic (exact) mass is 254 g/mol. The van der Waals surface area contributed by atoms with Crippen molar-refractivity contribution in [3.05, 3.63) is 0 Å². The second-order valence-electron chi connectivity index (χ2n) is 6.93. The Labute approximate surface area is 110 Å². The Morgan fingerprint density at radius 3 is 2.78 bits per heavy atom. The minimum atomic E-state index is 0.0252. The average molecular weight is 254 g/mol. The number of fused-ring (bicyclic) bond motifs is 1. The van der Waals surface area contributed by atoms with Gasteiger partial charge < -0.3 is 15.8 Å². The van der Waals surface area contributed by atoms with Gasteiger partial charge >= 0.3 is 0 Å². The Bertz CT molecular complexity index is 324. The summed E-state index contributed by atoms with van der Waals surface area (Å²) in [6.07, 6.45) is 1.76. The zero-order valence-electron chi connectivity index (χ0n) is 11.9. The SMILES string of the molecule is CC(CC(=O)NC1C(N)C2CCOC21)C(C)(C)C. The van der Waals surface area contributed by atoms with E-state index in [1.54, 1.807) is 0 Å². The zero-order chi connectivity index (χ0) is 13.5. The molecule has 0 aromatic heterocycles. The lowest BCUT2D eigenvalue weighted by atomic mass is 9.72. The van der Waals surface area contributed by atoms with Crippen molar-refractivity contribution >= 4 is 5.91 Å². The van der Waals surface area contributed by atoms with E-state index in [2.05, 4.69) is 33.0 Å². The number of nitrogens with one attached hydrogen (secondary N) is 1. The molecule has 5 atom stereocenters. The van der Waals surface area contributed by atoms with Crippen LogP contribution in [0.25, 0.3) is 0 Å². The van der Waals surface area contributed by atoms with E-state index in [9.17, 15) is 4.79 Å². The Morgan fingerprint density at radius 1 is 1.50 bits per heavy atom. The number of hydrogen-bond acceptors (Lipinski definition) is 3. The van der Waals surface area contributed by atoms with Crippen molar-refractivity contribution in [2.45, 2.75) is 58.7 Å². The van der Waals surface area contributed by atoms with Gasteiger partial charge in [0.15, 0.2) is 0 Å². The van der Waals surface area contributed by atoms with Crippen molar-refractivity contribution in [3.63, 3.8) is 0 Å². The first-order chi connectivity index (χ1) is 8.30. The largest absolute Gasteiger partial charge is 0.376 e. The average Bonchev–Trinajstić information content (AvgIpc) is 2.69. The van der Waals surface area contributed by atoms with Gasteiger partial charge in [0.25, 0.3) is 0 Å². The molecule has 2 rings (SSSR count). The minimum Gasteiger partial charge on any atom is -0.376 e. The van der Waals surface area contributed by atoms with Crippen molar-refractivity contribution in [1.82, 2.24) is 5.32 Å². The van der Waals surface area contributed by atoms with E-state index >= 15 is 0 Å². The third kappa shape index (κ3) is 2.54. The van der Waals surface area contributed by atoms with Gasteiger partial charge in [0.1, 0.15) is 0 Å². The van der Waals surface area contributed by atoms with E-state index < -0.39 is 0 Å². The van der Waals surface area contributed by atoms with E-state index in [4.69, 9.17) is 10.5 Å². The van der Waals surface area contributed by atoms with Gasteiger partial charge in [-0.1, -0.05) is 27.7 Å². The molecule has 0 radical (unpaired) electrons. The summed E-state index contributed by atoms with van der Waals surface area (Å²) in [6, 6.07) is 0.101. The van der Waals surface area contributed by atoms with Crippen LogP contribution in [0.1, 0.15) is 40.5 Å². The zero-order valence-corrected chi connectivity index (χ0v) is 11.9. The molecule has 1 heterocycles. The van der Waals surface area contributed by atoms with E-state index in [1.807, 2.05) is 0 Å². The highest BCUT2D eigenvalue weighted by Gasteiger charge is 2.52. The van der Waals surface area contributed by atoms with Gasteiger partial charge in [-0.2, -0.15) is 0 Å². The molecular formula is C14H26N2O2. The molecule has 2 fully saturated rings. The third-order valence-electron chi connectivity index (χ3n) is 4.74. The van der Waals surface area contributed by atoms with Gasteiger partial charge in [-0.25, -0.2) is 0 Å². The van der Waals surface area contributed by atoms with Crippen LogP contribution in [0.2, 0.25) is 0 Å². The van der Waals surface area contributed by atoms with Crippen LogP contribution >= 0.6 is 0 Å². The molecule has 0 aromatic rings. The summed E-state index contributed by atoms with van der Waals surface area (Å²) < 4.78 is 5.61. The van der Waals surface area contributed by atoms with Gasteiger partial charge in [-0.05, 0) is 17.8 Å². The Kier molecular flexibility index (Phi) is 3.70. The second-order valence-corrected chi connectivity index (χ2v) is 6.93. The van der Waals surface area contributed by atoms with Crippen molar-refractivity contribution in [2.24, 2.45) is 23.0 Å². The molecule has 0 aromatic carbocycles. The Hall–Kier alpha value is -0.610. The maximum absolute atomic E-state index is 12.0. The van der Waals surface area contributed by atoms with E-state index in [-0.39, 0.29) is 29.5 Å². The summed E-state index contributed by atoms with van der Waals surface area (Å²) >= 11 is 0. The quantitative estimate of drug-likeness (QED) is 0.797. The summed E-state index contributed by atoms with van der Waals surface area (Å²) in [4.78, 5) is 12.0. The van der Waals surface area contributed by atoms with Gasteiger partial charge in [0, 0.05) is 25.0 Å². The van der Waals surface area contributed by atoms with E-state index in [1.165, 1.54) is 0 Å². The normalized spacial score (nSPS) is 36.7. The van der Waals surface area contributed by atoms with Gasteiger partial charge in [-0.3, -0.25) is 4.79 Å². The molecule has 0 bridgehead atoms. The molecule has 18 heavy (non-hydrogen) atoms. The highest BCUT2D eigenvalue weighted by molar-refractivity contribution is 5.77. The summed E-state index contributed by atoms with van der Waals surface area (Å²) in [6.45, 7) is 9.39. The number of ether oxygens (including phenoxy) is 1. The smallest absolute Gasteiger partial charge is 0.220 e. The minimum absolute atomic E-state index is 0.0252. The van der Waals surface area contributed by atoms with Crippen molar-refractivity contribution < 1.29 is 9.53 Å². The molecule has 1 saturated carbocycles. The lowest BCUT2D eigenvalue weighted by Crippen LogP contribution is -2.69. The molecule has 1 aliphatic heterocycles. The summed E-state index contributed by atoms with van der Waals surface area (Å²) in [5.74, 6) is 0.913. The number of nitrogens with two attached hydrogens (primary N) is 1. The number of hydrogen-bond donors (Lipinski definition) is 2. The highest BCUT2D eigenvalue weighted by Crippen LogP contribution is 2.38. The van der Waals surface area contributed by atoms with Gasteiger partial charge in [0.05, 0.1) is 12.1 Å². The van der Waals surface area contributed by atoms with Crippen LogP contribution < -0.4 is 11.1 Å². The van der Waals surface area contributed by atoms with E-state index in [0.29, 0.717) is 18.3 Å². The Balaban J connectivity index is 1.82. The maximum atomic E-state index is 12.0. The fourth-order valence-electron chi connectivity index (χ4n) is 2.76. The molecule has 104 valence electrons. The number of amides is 1. The fourth-order valence-corrected chi connectivity index (χ4v) is 2.76. The van der Waals surface area contributed by atoms with Crippen LogP contribution in [0.15, 0.2) is 0 Å². The lowest BCUT2D eigenvalue weighted by molar-refractivity contribution is -0.127. The van der Waals surface area contributed by atoms with Crippen LogP contribution in [0, 0.1) is 17.3 Å². The molecule has 3 N–H and O–H groups in total. The first kappa shape index (κ1) is 13.8. The molecule has 1 saturated heterocycles. The fraction of sp³-hybridized carbons (Fsp3) is 0.929. The number of carbonyl (C=O) groups excluding carboxylic acids is 1. The van der Waals surface area contributed by atoms with Crippen LogP contribution in [0.3, 0.4) is 0 Å². The van der Waals surface area contributed by atoms with Gasteiger partial charge in [-0.15, -0.1) is 0 Å². The molecule has 5 unspecified atom stereocenters. The topological polar surface area (TPSA) is 64.4 Å². The Morgan fingerprint density at radius 2 is 2.17 bits per heavy atom. The molecule has 2 aliphatic rings. The van der Waals surface area contributed by atoms with Crippen molar-refractivity contribution in [2.75, 3.05) is 6.61 Å². The van der Waals surface area contributed by atoms with Gasteiger partial charge in [0.2, 0.25) is 5.91 Å². The number of carbonyl (C=O) groups is 1. The first-order valence-corrected chi connectivity index (χ1v) is 6.97. The molecule has 0 spiro atoms. The lowest BCUT2D eigenvalue weighted by Gasteiger charge is -2.45. The van der Waals surface area contributed by atoms with E-state index in [0.717, 1.165) is 13.0 Å². The standard InChI is InChI=1S/C14H26N2O2/c1-8(14(2,3)4)7-10(17)16-12-11(15)9-5-6-18-13(9)12/h8-9,11-13H,5-7,15H2,1-4H3,(H,16,17). The third-order valence-corrected chi connectivity index (χ3v) is 4.74.